The molecule has 0 radical (unpaired) electrons. The summed E-state index contributed by atoms with van der Waals surface area (Å²) in [7, 11) is 3.90. The zero-order chi connectivity index (χ0) is 4.99. The summed E-state index contributed by atoms with van der Waals surface area (Å²) in [5.74, 6) is 0. The maximum Gasteiger partial charge on any atom is 0.0499 e. The van der Waals surface area contributed by atoms with Crippen molar-refractivity contribution in [1.29, 1.82) is 0 Å². The molecule has 1 nitrogen and oxygen atoms in total. The zero-order valence-corrected chi connectivity index (χ0v) is 6.78. The molecule has 0 aromatic rings. The molecule has 0 saturated heterocycles. The summed E-state index contributed by atoms with van der Waals surface area (Å²) in [5.41, 5.74) is 0. The van der Waals surface area contributed by atoms with Crippen LogP contribution in [0.5, 0.6) is 0 Å². The van der Waals surface area contributed by atoms with Crippen LogP contribution < -0.4 is 0 Å². The fourth-order valence-corrected chi connectivity index (χ4v) is 0.775. The van der Waals surface area contributed by atoms with Crippen molar-refractivity contribution in [2.45, 2.75) is 0 Å². The minimum absolute atomic E-state index is 0. The summed E-state index contributed by atoms with van der Waals surface area (Å²) >= 11 is 6.03. The Hall–Kier alpha value is 0.894. The Labute approximate surface area is 63.9 Å². The van der Waals surface area contributed by atoms with Crippen molar-refractivity contribution in [3.8, 4) is 0 Å². The Kier molecular flexibility index (Phi) is 10.6. The summed E-state index contributed by atoms with van der Waals surface area (Å²) in [4.78, 5) is 0. The molecule has 0 spiro atoms. The van der Waals surface area contributed by atoms with E-state index < -0.39 is 0 Å². The molecule has 0 aliphatic rings. The maximum absolute atomic E-state index is 4.52. The molecule has 0 atom stereocenters. The largest absolute Gasteiger partial charge is 0.252 e. The zero-order valence-electron chi connectivity index (χ0n) is 4.16. The Bertz CT molecular complexity index is 48.2. The van der Waals surface area contributed by atoms with Gasteiger partial charge in [0.2, 0.25) is 0 Å². The first-order valence-corrected chi connectivity index (χ1v) is 2.86. The van der Waals surface area contributed by atoms with Crippen LogP contribution in [-0.4, -0.2) is 23.1 Å². The summed E-state index contributed by atoms with van der Waals surface area (Å²) in [6.45, 7) is 0. The Balaban J connectivity index is 0. The van der Waals surface area contributed by atoms with E-state index in [0.717, 1.165) is 0 Å². The van der Waals surface area contributed by atoms with Gasteiger partial charge in [0.25, 0.3) is 0 Å². The topological polar surface area (TPSA) is 3.24 Å². The van der Waals surface area contributed by atoms with Gasteiger partial charge in [0, 0.05) is 21.2 Å². The van der Waals surface area contributed by atoms with Gasteiger partial charge in [-0.05, 0) is 26.0 Å². The van der Waals surface area contributed by atoms with Crippen LogP contribution in [0.1, 0.15) is 0 Å². The average Bonchev–Trinajstić information content (AvgIpc) is 1.35. The molecule has 0 bridgehead atoms. The number of hydrogen-bond acceptors (Lipinski definition) is 3. The van der Waals surface area contributed by atoms with Crippen LogP contribution in [0, 0.1) is 0 Å². The van der Waals surface area contributed by atoms with E-state index in [0.29, 0.717) is 0 Å². The van der Waals surface area contributed by atoms with Crippen molar-refractivity contribution in [2.75, 3.05) is 14.1 Å². The minimum atomic E-state index is 0. The van der Waals surface area contributed by atoms with E-state index in [9.17, 15) is 0 Å². The molecule has 0 unspecified atom stereocenters. The Morgan fingerprint density at radius 3 is 2.00 bits per heavy atom. The van der Waals surface area contributed by atoms with Gasteiger partial charge in [0.1, 0.15) is 0 Å². The van der Waals surface area contributed by atoms with E-state index >= 15 is 0 Å². The third-order valence-corrected chi connectivity index (χ3v) is 1.02. The molecule has 0 saturated carbocycles. The van der Waals surface area contributed by atoms with Crippen molar-refractivity contribution in [1.82, 2.24) is 4.31 Å². The molecular weight excluding hydrogens is 173 g/mol. The summed E-state index contributed by atoms with van der Waals surface area (Å²) in [6.07, 6.45) is 0. The molecular formula is C3H7NNiS2. The van der Waals surface area contributed by atoms with E-state index in [1.54, 1.807) is 4.70 Å². The third-order valence-electron chi connectivity index (χ3n) is 0.254. The van der Waals surface area contributed by atoms with Gasteiger partial charge in [-0.25, -0.2) is 0 Å². The number of thiocarbonyl (C=S) groups is 1. The molecule has 0 N–H and O–H groups in total. The number of nitrogens with zero attached hydrogens (tertiary/aromatic N) is 1. The van der Waals surface area contributed by atoms with Crippen molar-refractivity contribution < 1.29 is 16.5 Å². The van der Waals surface area contributed by atoms with Crippen LogP contribution >= 0.6 is 24.2 Å². The van der Waals surface area contributed by atoms with Gasteiger partial charge in [-0.1, -0.05) is 12.2 Å². The predicted octanol–water partition coefficient (Wildman–Crippen LogP) is 1.15. The van der Waals surface area contributed by atoms with Crippen LogP contribution in [0.15, 0.2) is 0 Å². The van der Waals surface area contributed by atoms with E-state index in [2.05, 4.69) is 12.2 Å². The second-order valence-electron chi connectivity index (χ2n) is 1.01. The molecule has 46 valence electrons. The summed E-state index contributed by atoms with van der Waals surface area (Å²) in [6, 6.07) is 0. The van der Waals surface area contributed by atoms with Crippen LogP contribution in [0.3, 0.4) is 0 Å². The normalized spacial score (nSPS) is 7.86. The first-order valence-electron chi connectivity index (χ1n) is 1.55. The van der Waals surface area contributed by atoms with Gasteiger partial charge in [-0.15, -0.1) is 0 Å². The Morgan fingerprint density at radius 2 is 2.00 bits per heavy atom. The SMILES string of the molecule is CN(C)SC=S.[Ni]. The Morgan fingerprint density at radius 1 is 1.57 bits per heavy atom. The number of hydrogen-bond donors (Lipinski definition) is 0. The molecule has 0 aromatic carbocycles. The fourth-order valence-electron chi connectivity index (χ4n) is 0.0861. The van der Waals surface area contributed by atoms with Crippen LogP contribution in [0.2, 0.25) is 0 Å². The summed E-state index contributed by atoms with van der Waals surface area (Å²) < 4.78 is 3.56. The molecule has 0 heterocycles. The van der Waals surface area contributed by atoms with Gasteiger partial charge in [-0.3, -0.25) is 4.31 Å². The molecule has 0 amide bonds. The van der Waals surface area contributed by atoms with E-state index in [1.165, 1.54) is 11.9 Å². The molecule has 0 aliphatic carbocycles. The van der Waals surface area contributed by atoms with Crippen molar-refractivity contribution in [2.24, 2.45) is 0 Å². The first kappa shape index (κ1) is 10.8. The smallest absolute Gasteiger partial charge is 0.0499 e. The first-order chi connectivity index (χ1) is 2.77. The van der Waals surface area contributed by atoms with Gasteiger partial charge in [0.05, 0.1) is 0 Å². The maximum atomic E-state index is 4.52. The van der Waals surface area contributed by atoms with Gasteiger partial charge >= 0.3 is 0 Å². The number of rotatable bonds is 2. The van der Waals surface area contributed by atoms with Gasteiger partial charge < -0.3 is 0 Å². The standard InChI is InChI=1S/C3H7NS2.Ni/c1-4(2)6-3-5;/h3H,1-2H3;. The second kappa shape index (κ2) is 6.89. The van der Waals surface area contributed by atoms with Gasteiger partial charge in [-0.2, -0.15) is 0 Å². The van der Waals surface area contributed by atoms with E-state index in [-0.39, 0.29) is 16.5 Å². The minimum Gasteiger partial charge on any atom is -0.252 e. The molecule has 0 aliphatic heterocycles. The van der Waals surface area contributed by atoms with E-state index in [1.807, 2.05) is 18.4 Å². The fraction of sp³-hybridized carbons (Fsp3) is 0.667. The molecule has 0 fully saturated rings. The quantitative estimate of drug-likeness (QED) is 0.356. The molecule has 4 heteroatoms. The average molecular weight is 180 g/mol. The predicted molar refractivity (Wildman–Crippen MR) is 34.9 cm³/mol. The summed E-state index contributed by atoms with van der Waals surface area (Å²) in [5, 5.41) is 0. The molecule has 0 aromatic heterocycles. The van der Waals surface area contributed by atoms with Gasteiger partial charge in [0.15, 0.2) is 0 Å². The third kappa shape index (κ3) is 10.9. The molecule has 7 heavy (non-hydrogen) atoms. The second-order valence-corrected chi connectivity index (χ2v) is 2.72. The monoisotopic (exact) mass is 179 g/mol. The van der Waals surface area contributed by atoms with E-state index in [4.69, 9.17) is 0 Å². The van der Waals surface area contributed by atoms with Crippen LogP contribution in [-0.2, 0) is 16.5 Å². The van der Waals surface area contributed by atoms with Crippen molar-refractivity contribution in [3.05, 3.63) is 0 Å². The molecule has 0 rings (SSSR count). The van der Waals surface area contributed by atoms with Crippen molar-refractivity contribution >= 4 is 28.9 Å². The van der Waals surface area contributed by atoms with Crippen molar-refractivity contribution in [3.63, 3.8) is 0 Å². The van der Waals surface area contributed by atoms with Crippen LogP contribution in [0.4, 0.5) is 0 Å². The van der Waals surface area contributed by atoms with Crippen LogP contribution in [0.25, 0.3) is 0 Å².